The summed E-state index contributed by atoms with van der Waals surface area (Å²) in [4.78, 5) is 49.9. The number of hydrogen-bond acceptors (Lipinski definition) is 12. The van der Waals surface area contributed by atoms with Crippen molar-refractivity contribution >= 4 is 45.0 Å². The summed E-state index contributed by atoms with van der Waals surface area (Å²) in [5, 5.41) is 24.5. The third-order valence-corrected chi connectivity index (χ3v) is 9.22. The topological polar surface area (TPSA) is 164 Å². The first-order valence-corrected chi connectivity index (χ1v) is 14.6. The minimum Gasteiger partial charge on any atom is -0.506 e. The highest BCUT2D eigenvalue weighted by Gasteiger charge is 2.50. The van der Waals surface area contributed by atoms with Gasteiger partial charge in [-0.2, -0.15) is 0 Å². The van der Waals surface area contributed by atoms with E-state index in [1.165, 1.54) is 28.1 Å². The molecule has 2 fully saturated rings. The van der Waals surface area contributed by atoms with Gasteiger partial charge >= 0.3 is 11.9 Å². The van der Waals surface area contributed by atoms with Crippen LogP contribution in [0.25, 0.3) is 32.7 Å². The van der Waals surface area contributed by atoms with E-state index in [0.717, 1.165) is 0 Å². The fourth-order valence-corrected chi connectivity index (χ4v) is 7.47. The monoisotopic (exact) mass is 626 g/mol. The lowest BCUT2D eigenvalue weighted by atomic mass is 9.88. The molecular formula is C34H26O12. The number of hydrogen-bond donors (Lipinski definition) is 2. The van der Waals surface area contributed by atoms with Crippen molar-refractivity contribution in [3.63, 3.8) is 0 Å². The molecule has 0 radical (unpaired) electrons. The van der Waals surface area contributed by atoms with Gasteiger partial charge in [-0.15, -0.1) is 0 Å². The number of Topliss-reactive ketones (excluding diaryl/α,β-unsaturated/α-hetero) is 2. The molecule has 0 aliphatic carbocycles. The molecule has 0 aromatic heterocycles. The molecule has 0 unspecified atom stereocenters. The van der Waals surface area contributed by atoms with Crippen LogP contribution < -0.4 is 18.9 Å². The maximum Gasteiger partial charge on any atom is 0.310 e. The summed E-state index contributed by atoms with van der Waals surface area (Å²) in [5.41, 5.74) is 1.43. The first-order valence-electron chi connectivity index (χ1n) is 14.6. The Labute approximate surface area is 260 Å². The summed E-state index contributed by atoms with van der Waals surface area (Å²) in [6.45, 7) is 2.61. The van der Waals surface area contributed by atoms with E-state index in [2.05, 4.69) is 0 Å². The molecule has 0 saturated carbocycles. The first kappa shape index (κ1) is 28.0. The molecule has 12 heteroatoms. The number of benzene rings is 4. The van der Waals surface area contributed by atoms with Crippen LogP contribution in [0.3, 0.4) is 0 Å². The molecule has 4 aromatic carbocycles. The second-order valence-electron chi connectivity index (χ2n) is 11.7. The van der Waals surface area contributed by atoms with E-state index in [0.29, 0.717) is 44.5 Å². The van der Waals surface area contributed by atoms with Gasteiger partial charge < -0.3 is 38.6 Å². The number of rotatable bonds is 5. The lowest BCUT2D eigenvalue weighted by Gasteiger charge is -2.21. The number of ether oxygens (including phenoxy) is 6. The van der Waals surface area contributed by atoms with Gasteiger partial charge in [-0.05, 0) is 38.1 Å². The second-order valence-corrected chi connectivity index (χ2v) is 11.7. The SMILES string of the molecule is COc1c(-c2ccc3c4c(c(C(C)=O)c(O)c3c2OC)[C@@H]2OC(=O)C[C@@H]2O4)ccc2c3c(c(C(C)=O)c(O)c12)[C@H]1OC(=O)C[C@@H]1O3. The third kappa shape index (κ3) is 3.49. The number of phenolic OH excluding ortho intramolecular Hbond substituents is 2. The van der Waals surface area contributed by atoms with Crippen molar-refractivity contribution in [2.24, 2.45) is 0 Å². The molecule has 2 N–H and O–H groups in total. The number of carbonyl (C=O) groups excluding carboxylic acids is 4. The number of carbonyl (C=O) groups is 4. The summed E-state index contributed by atoms with van der Waals surface area (Å²) >= 11 is 0. The van der Waals surface area contributed by atoms with Crippen LogP contribution in [0.4, 0.5) is 0 Å². The van der Waals surface area contributed by atoms with Gasteiger partial charge in [0.1, 0.15) is 34.5 Å². The second kappa shape index (κ2) is 9.49. The lowest BCUT2D eigenvalue weighted by molar-refractivity contribution is -0.142. The lowest BCUT2D eigenvalue weighted by Crippen LogP contribution is -2.12. The highest BCUT2D eigenvalue weighted by molar-refractivity contribution is 6.15. The molecule has 4 aromatic rings. The maximum atomic E-state index is 12.9. The van der Waals surface area contributed by atoms with Crippen LogP contribution in [0.5, 0.6) is 34.5 Å². The highest BCUT2D eigenvalue weighted by Crippen LogP contribution is 2.58. The Bertz CT molecular complexity index is 1980. The highest BCUT2D eigenvalue weighted by atomic mass is 16.6. The van der Waals surface area contributed by atoms with Crippen molar-refractivity contribution in [2.75, 3.05) is 14.2 Å². The zero-order valence-corrected chi connectivity index (χ0v) is 25.0. The minimum atomic E-state index is -0.826. The van der Waals surface area contributed by atoms with Gasteiger partial charge in [-0.25, -0.2) is 0 Å². The number of esters is 2. The summed E-state index contributed by atoms with van der Waals surface area (Å²) in [6, 6.07) is 6.84. The molecule has 4 heterocycles. The van der Waals surface area contributed by atoms with Gasteiger partial charge in [0.05, 0.1) is 60.1 Å². The molecule has 8 rings (SSSR count). The van der Waals surface area contributed by atoms with Gasteiger partial charge in [0, 0.05) is 21.9 Å². The smallest absolute Gasteiger partial charge is 0.310 e. The molecule has 12 nitrogen and oxygen atoms in total. The van der Waals surface area contributed by atoms with Crippen LogP contribution >= 0.6 is 0 Å². The van der Waals surface area contributed by atoms with Crippen molar-refractivity contribution in [2.45, 2.75) is 51.1 Å². The number of phenols is 2. The zero-order valence-electron chi connectivity index (χ0n) is 25.0. The predicted octanol–water partition coefficient (Wildman–Crippen LogP) is 4.99. The van der Waals surface area contributed by atoms with Crippen LogP contribution in [0.2, 0.25) is 0 Å². The average Bonchev–Trinajstić information content (AvgIpc) is 3.75. The number of methoxy groups -OCH3 is 2. The Morgan fingerprint density at radius 3 is 1.41 bits per heavy atom. The summed E-state index contributed by atoms with van der Waals surface area (Å²) in [6.07, 6.45) is -2.91. The van der Waals surface area contributed by atoms with Gasteiger partial charge in [0.25, 0.3) is 0 Å². The first-order chi connectivity index (χ1) is 22.0. The third-order valence-electron chi connectivity index (χ3n) is 9.22. The van der Waals surface area contributed by atoms with Crippen LogP contribution in [-0.2, 0) is 19.1 Å². The fraction of sp³-hybridized carbons (Fsp3) is 0.294. The van der Waals surface area contributed by atoms with Crippen molar-refractivity contribution < 1.29 is 57.8 Å². The van der Waals surface area contributed by atoms with E-state index in [9.17, 15) is 29.4 Å². The Hall–Kier alpha value is -5.52. The number of ketones is 2. The number of fused-ring (bicyclic) bond motifs is 10. The van der Waals surface area contributed by atoms with Crippen molar-refractivity contribution in [1.82, 2.24) is 0 Å². The van der Waals surface area contributed by atoms with Crippen molar-refractivity contribution in [1.29, 1.82) is 0 Å². The van der Waals surface area contributed by atoms with E-state index in [1.54, 1.807) is 24.3 Å². The van der Waals surface area contributed by atoms with Crippen molar-refractivity contribution in [3.05, 3.63) is 46.5 Å². The van der Waals surface area contributed by atoms with Crippen LogP contribution in [0.15, 0.2) is 24.3 Å². The van der Waals surface area contributed by atoms with Crippen LogP contribution in [0, 0.1) is 0 Å². The molecule has 4 aliphatic rings. The summed E-state index contributed by atoms with van der Waals surface area (Å²) in [7, 11) is 2.82. The molecule has 0 spiro atoms. The van der Waals surface area contributed by atoms with Crippen LogP contribution in [-0.4, -0.2) is 60.1 Å². The van der Waals surface area contributed by atoms with Crippen molar-refractivity contribution in [3.8, 4) is 45.6 Å². The quantitative estimate of drug-likeness (QED) is 0.226. The number of aromatic hydroxyl groups is 2. The van der Waals surface area contributed by atoms with E-state index >= 15 is 0 Å². The Morgan fingerprint density at radius 2 is 1.07 bits per heavy atom. The van der Waals surface area contributed by atoms with E-state index < -0.39 is 47.9 Å². The largest absolute Gasteiger partial charge is 0.506 e. The van der Waals surface area contributed by atoms with Crippen LogP contribution in [0.1, 0.15) is 70.7 Å². The predicted molar refractivity (Wildman–Crippen MR) is 159 cm³/mol. The summed E-state index contributed by atoms with van der Waals surface area (Å²) < 4.78 is 35.0. The Kier molecular flexibility index (Phi) is 5.77. The molecule has 0 bridgehead atoms. The molecule has 4 atom stereocenters. The molecular weight excluding hydrogens is 600 g/mol. The van der Waals surface area contributed by atoms with Gasteiger partial charge in [-0.3, -0.25) is 19.2 Å². The zero-order chi connectivity index (χ0) is 32.3. The van der Waals surface area contributed by atoms with Gasteiger partial charge in [0.15, 0.2) is 36.0 Å². The van der Waals surface area contributed by atoms with E-state index in [4.69, 9.17) is 28.4 Å². The normalized spacial score (nSPS) is 22.0. The standard InChI is InChI=1S/C34H26O12/c1-11(35)21-25-31(43-17-9-19(37)45-33(17)25)15-7-5-13(29(41-3)23(15)27(21)39)14-6-8-16-24(30(14)42-4)28(40)22(12(2)36)26-32(16)44-18-10-20(38)46-34(18)26/h5-8,17-18,33-34,39-40H,9-10H2,1-4H3/t17-,18-,33-,34+/m0/s1. The molecule has 4 aliphatic heterocycles. The molecule has 2 saturated heterocycles. The van der Waals surface area contributed by atoms with Gasteiger partial charge in [0.2, 0.25) is 0 Å². The average molecular weight is 627 g/mol. The fourth-order valence-electron chi connectivity index (χ4n) is 7.47. The Balaban J connectivity index is 1.40. The summed E-state index contributed by atoms with van der Waals surface area (Å²) in [5.74, 6) is -1.54. The molecule has 234 valence electrons. The van der Waals surface area contributed by atoms with E-state index in [-0.39, 0.29) is 57.7 Å². The maximum absolute atomic E-state index is 12.9. The Morgan fingerprint density at radius 1 is 0.674 bits per heavy atom. The minimum absolute atomic E-state index is 0.00550. The molecule has 0 amide bonds. The molecule has 46 heavy (non-hydrogen) atoms. The van der Waals surface area contributed by atoms with Gasteiger partial charge in [-0.1, -0.05) is 0 Å². The van der Waals surface area contributed by atoms with E-state index in [1.807, 2.05) is 0 Å².